The smallest absolute Gasteiger partial charge is 0.406 e. The molecule has 0 saturated carbocycles. The third-order valence-electron chi connectivity index (χ3n) is 3.07. The van der Waals surface area contributed by atoms with E-state index in [0.29, 0.717) is 11.1 Å². The van der Waals surface area contributed by atoms with Gasteiger partial charge >= 0.3 is 12.5 Å². The lowest BCUT2D eigenvalue weighted by Gasteiger charge is -2.15. The van der Waals surface area contributed by atoms with Gasteiger partial charge in [0, 0.05) is 0 Å². The van der Waals surface area contributed by atoms with Gasteiger partial charge in [-0.1, -0.05) is 24.3 Å². The van der Waals surface area contributed by atoms with Crippen molar-refractivity contribution in [1.82, 2.24) is 0 Å². The van der Waals surface area contributed by atoms with Crippen molar-refractivity contribution >= 4 is 12.4 Å². The van der Waals surface area contributed by atoms with Crippen LogP contribution in [0.2, 0.25) is 0 Å². The SMILES string of the molecule is Cl.N[C@H](c1ccc(OC(F)(F)F)cc1)c1ccc(C(F)(F)F)cc1. The lowest BCUT2D eigenvalue weighted by atomic mass is 9.98. The van der Waals surface area contributed by atoms with E-state index in [1.54, 1.807) is 0 Å². The summed E-state index contributed by atoms with van der Waals surface area (Å²) in [5.74, 6) is -0.402. The van der Waals surface area contributed by atoms with Gasteiger partial charge in [-0.25, -0.2) is 0 Å². The molecule has 0 aromatic heterocycles. The largest absolute Gasteiger partial charge is 0.573 e. The van der Waals surface area contributed by atoms with E-state index in [1.165, 1.54) is 24.3 Å². The topological polar surface area (TPSA) is 35.2 Å². The summed E-state index contributed by atoms with van der Waals surface area (Å²) in [5.41, 5.74) is 5.95. The van der Waals surface area contributed by atoms with Gasteiger partial charge < -0.3 is 10.5 Å². The van der Waals surface area contributed by atoms with Crippen LogP contribution in [0, 0.1) is 0 Å². The predicted octanol–water partition coefficient (Wildman–Crippen LogP) is 5.07. The monoisotopic (exact) mass is 371 g/mol. The van der Waals surface area contributed by atoms with E-state index in [2.05, 4.69) is 4.74 Å². The Bertz CT molecular complexity index is 652. The predicted molar refractivity (Wildman–Crippen MR) is 77.8 cm³/mol. The summed E-state index contributed by atoms with van der Waals surface area (Å²) in [4.78, 5) is 0. The van der Waals surface area contributed by atoms with Crippen molar-refractivity contribution in [1.29, 1.82) is 0 Å². The molecule has 2 N–H and O–H groups in total. The second kappa shape index (κ2) is 7.31. The molecule has 2 rings (SSSR count). The first-order chi connectivity index (χ1) is 10.6. The number of rotatable bonds is 3. The molecule has 0 heterocycles. The molecule has 0 saturated heterocycles. The van der Waals surface area contributed by atoms with Gasteiger partial charge in [-0.05, 0) is 35.4 Å². The lowest BCUT2D eigenvalue weighted by Crippen LogP contribution is -2.17. The van der Waals surface area contributed by atoms with Crippen LogP contribution in [0.5, 0.6) is 5.75 Å². The molecule has 24 heavy (non-hydrogen) atoms. The van der Waals surface area contributed by atoms with Crippen LogP contribution in [0.1, 0.15) is 22.7 Å². The molecule has 0 aliphatic rings. The van der Waals surface area contributed by atoms with Crippen LogP contribution < -0.4 is 10.5 Å². The van der Waals surface area contributed by atoms with Gasteiger partial charge in [0.2, 0.25) is 0 Å². The van der Waals surface area contributed by atoms with Crippen molar-refractivity contribution < 1.29 is 31.1 Å². The minimum atomic E-state index is -4.79. The maximum atomic E-state index is 12.5. The molecule has 0 spiro atoms. The summed E-state index contributed by atoms with van der Waals surface area (Å²) in [7, 11) is 0. The summed E-state index contributed by atoms with van der Waals surface area (Å²) >= 11 is 0. The summed E-state index contributed by atoms with van der Waals surface area (Å²) in [5, 5.41) is 0. The zero-order chi connectivity index (χ0) is 17.3. The third kappa shape index (κ3) is 5.31. The highest BCUT2D eigenvalue weighted by atomic mass is 35.5. The first-order valence-electron chi connectivity index (χ1n) is 6.35. The van der Waals surface area contributed by atoms with Crippen molar-refractivity contribution in [3.05, 3.63) is 65.2 Å². The molecule has 9 heteroatoms. The Kier molecular flexibility index (Phi) is 6.13. The first-order valence-corrected chi connectivity index (χ1v) is 6.35. The average molecular weight is 372 g/mol. The van der Waals surface area contributed by atoms with Crippen LogP contribution in [0.4, 0.5) is 26.3 Å². The summed E-state index contributed by atoms with van der Waals surface area (Å²) in [6.07, 6.45) is -9.24. The van der Waals surface area contributed by atoms with Gasteiger partial charge in [0.15, 0.2) is 0 Å². The van der Waals surface area contributed by atoms with Crippen LogP contribution in [-0.4, -0.2) is 6.36 Å². The normalized spacial score (nSPS) is 13.1. The van der Waals surface area contributed by atoms with Gasteiger partial charge in [0.25, 0.3) is 0 Å². The van der Waals surface area contributed by atoms with Crippen LogP contribution in [0.15, 0.2) is 48.5 Å². The number of hydrogen-bond acceptors (Lipinski definition) is 2. The molecule has 0 fully saturated rings. The van der Waals surface area contributed by atoms with Crippen LogP contribution in [0.3, 0.4) is 0 Å². The average Bonchev–Trinajstić information content (AvgIpc) is 2.45. The lowest BCUT2D eigenvalue weighted by molar-refractivity contribution is -0.274. The van der Waals surface area contributed by atoms with Crippen molar-refractivity contribution in [3.63, 3.8) is 0 Å². The molecular weight excluding hydrogens is 360 g/mol. The maximum Gasteiger partial charge on any atom is 0.573 e. The highest BCUT2D eigenvalue weighted by Crippen LogP contribution is 2.31. The number of benzene rings is 2. The minimum absolute atomic E-state index is 0. The Morgan fingerprint density at radius 2 is 1.17 bits per heavy atom. The van der Waals surface area contributed by atoms with Gasteiger partial charge in [-0.15, -0.1) is 25.6 Å². The van der Waals surface area contributed by atoms with Gasteiger partial charge in [0.1, 0.15) is 5.75 Å². The molecule has 2 aromatic rings. The van der Waals surface area contributed by atoms with E-state index in [0.717, 1.165) is 24.3 Å². The number of nitrogens with two attached hydrogens (primary N) is 1. The van der Waals surface area contributed by atoms with Crippen LogP contribution in [0.25, 0.3) is 0 Å². The minimum Gasteiger partial charge on any atom is -0.406 e. The van der Waals surface area contributed by atoms with E-state index in [9.17, 15) is 26.3 Å². The zero-order valence-corrected chi connectivity index (χ0v) is 12.7. The van der Waals surface area contributed by atoms with Gasteiger partial charge in [-0.3, -0.25) is 0 Å². The molecule has 0 aliphatic heterocycles. The summed E-state index contributed by atoms with van der Waals surface area (Å²) in [6, 6.07) is 8.32. The molecule has 132 valence electrons. The van der Waals surface area contributed by atoms with E-state index in [4.69, 9.17) is 5.73 Å². The molecule has 0 bridgehead atoms. The Hall–Kier alpha value is -1.93. The molecule has 1 atom stereocenters. The van der Waals surface area contributed by atoms with Gasteiger partial charge in [0.05, 0.1) is 11.6 Å². The number of hydrogen-bond donors (Lipinski definition) is 1. The van der Waals surface area contributed by atoms with Crippen molar-refractivity contribution in [2.24, 2.45) is 5.73 Å². The maximum absolute atomic E-state index is 12.5. The second-order valence-electron chi connectivity index (χ2n) is 4.71. The van der Waals surface area contributed by atoms with Crippen molar-refractivity contribution in [3.8, 4) is 5.75 Å². The van der Waals surface area contributed by atoms with Gasteiger partial charge in [-0.2, -0.15) is 13.2 Å². The molecular formula is C15H12ClF6NO. The van der Waals surface area contributed by atoms with Crippen LogP contribution in [-0.2, 0) is 6.18 Å². The van der Waals surface area contributed by atoms with Crippen LogP contribution >= 0.6 is 12.4 Å². The molecule has 2 aromatic carbocycles. The highest BCUT2D eigenvalue weighted by Gasteiger charge is 2.31. The Morgan fingerprint density at radius 1 is 0.750 bits per heavy atom. The number of ether oxygens (including phenoxy) is 1. The zero-order valence-electron chi connectivity index (χ0n) is 11.9. The number of halogens is 7. The van der Waals surface area contributed by atoms with Crippen molar-refractivity contribution in [2.75, 3.05) is 0 Å². The van der Waals surface area contributed by atoms with E-state index < -0.39 is 29.9 Å². The Labute approximate surface area is 139 Å². The Morgan fingerprint density at radius 3 is 1.54 bits per heavy atom. The molecule has 2 nitrogen and oxygen atoms in total. The third-order valence-corrected chi connectivity index (χ3v) is 3.07. The summed E-state index contributed by atoms with van der Waals surface area (Å²) in [6.45, 7) is 0. The second-order valence-corrected chi connectivity index (χ2v) is 4.71. The fraction of sp³-hybridized carbons (Fsp3) is 0.200. The Balaban J connectivity index is 0.00000288. The quantitative estimate of drug-likeness (QED) is 0.764. The number of alkyl halides is 6. The van der Waals surface area contributed by atoms with E-state index in [1.807, 2.05) is 0 Å². The van der Waals surface area contributed by atoms with E-state index >= 15 is 0 Å². The molecule has 0 unspecified atom stereocenters. The fourth-order valence-electron chi connectivity index (χ4n) is 1.95. The molecule has 0 amide bonds. The fourth-order valence-corrected chi connectivity index (χ4v) is 1.95. The standard InChI is InChI=1S/C15H11F6NO.ClH/c16-14(17,18)11-5-1-9(2-6-11)13(22)10-3-7-12(8-4-10)23-15(19,20)21;/h1-8,13H,22H2;1H/t13-;/m0./s1. The first kappa shape index (κ1) is 20.1. The van der Waals surface area contributed by atoms with E-state index in [-0.39, 0.29) is 12.4 Å². The molecule has 0 radical (unpaired) electrons. The molecule has 0 aliphatic carbocycles. The highest BCUT2D eigenvalue weighted by molar-refractivity contribution is 5.85. The van der Waals surface area contributed by atoms with Crippen molar-refractivity contribution in [2.45, 2.75) is 18.6 Å². The summed E-state index contributed by atoms with van der Waals surface area (Å²) < 4.78 is 77.4.